The van der Waals surface area contributed by atoms with Crippen molar-refractivity contribution < 1.29 is 13.2 Å². The third kappa shape index (κ3) is 6.60. The fraction of sp³-hybridized carbons (Fsp3) is 0.500. The standard InChI is InChI=1S/C28H36N4O3S/c1-31-15-4-16-32(18-17-31)36(34,35)26-12-10-25(11-13-26)24-8-6-22(7-9-24)19-23(21-29)20-28(33)27-5-2-3-14-30-27/h6-13,23,27,30H,2-5,14-20H2,1H3/t23?,27-/m0/s1. The number of Topliss-reactive ketones (excluding diaryl/α,β-unsaturated/α-hetero) is 1. The SMILES string of the molecule is CN1CCCN(S(=O)(=O)c2ccc(-c3ccc(CC(C#N)CC(=O)[C@@H]4CCCCN4)cc3)cc2)CC1. The third-order valence-electron chi connectivity index (χ3n) is 7.27. The maximum Gasteiger partial charge on any atom is 0.243 e. The molecule has 2 atom stereocenters. The average molecular weight is 509 g/mol. The quantitative estimate of drug-likeness (QED) is 0.587. The number of hydrogen-bond acceptors (Lipinski definition) is 6. The molecule has 7 nitrogen and oxygen atoms in total. The van der Waals surface area contributed by atoms with Crippen LogP contribution in [0.15, 0.2) is 53.4 Å². The Kier molecular flexibility index (Phi) is 8.91. The van der Waals surface area contributed by atoms with E-state index in [4.69, 9.17) is 0 Å². The van der Waals surface area contributed by atoms with E-state index in [1.54, 1.807) is 16.4 Å². The lowest BCUT2D eigenvalue weighted by Crippen LogP contribution is -2.41. The first-order valence-electron chi connectivity index (χ1n) is 12.9. The zero-order valence-corrected chi connectivity index (χ0v) is 21.8. The molecule has 2 aromatic rings. The van der Waals surface area contributed by atoms with Crippen LogP contribution in [0.4, 0.5) is 0 Å². The highest BCUT2D eigenvalue weighted by Crippen LogP contribution is 2.25. The summed E-state index contributed by atoms with van der Waals surface area (Å²) in [6, 6.07) is 17.2. The second-order valence-corrected chi connectivity index (χ2v) is 11.9. The van der Waals surface area contributed by atoms with Crippen LogP contribution in [-0.2, 0) is 21.2 Å². The summed E-state index contributed by atoms with van der Waals surface area (Å²) in [5.41, 5.74) is 2.93. The molecule has 0 saturated carbocycles. The number of hydrogen-bond donors (Lipinski definition) is 1. The van der Waals surface area contributed by atoms with Crippen LogP contribution in [0.2, 0.25) is 0 Å². The minimum atomic E-state index is -3.51. The maximum atomic E-state index is 13.1. The molecule has 2 fully saturated rings. The van der Waals surface area contributed by atoms with Crippen LogP contribution >= 0.6 is 0 Å². The number of nitrogens with zero attached hydrogens (tertiary/aromatic N) is 3. The number of benzene rings is 2. The number of nitriles is 1. The van der Waals surface area contributed by atoms with Gasteiger partial charge in [0, 0.05) is 26.1 Å². The number of sulfonamides is 1. The Morgan fingerprint density at radius 3 is 2.33 bits per heavy atom. The van der Waals surface area contributed by atoms with Gasteiger partial charge in [0.2, 0.25) is 10.0 Å². The van der Waals surface area contributed by atoms with Crippen molar-refractivity contribution in [2.75, 3.05) is 39.8 Å². The van der Waals surface area contributed by atoms with Crippen LogP contribution in [0.1, 0.15) is 37.7 Å². The molecule has 2 saturated heterocycles. The number of ketones is 1. The van der Waals surface area contributed by atoms with Crippen molar-refractivity contribution in [1.29, 1.82) is 5.26 Å². The Morgan fingerprint density at radius 1 is 1.00 bits per heavy atom. The predicted molar refractivity (Wildman–Crippen MR) is 141 cm³/mol. The van der Waals surface area contributed by atoms with Crippen LogP contribution in [0.3, 0.4) is 0 Å². The van der Waals surface area contributed by atoms with E-state index in [0.717, 1.165) is 62.0 Å². The van der Waals surface area contributed by atoms with Gasteiger partial charge in [0.1, 0.15) is 0 Å². The lowest BCUT2D eigenvalue weighted by Gasteiger charge is -2.23. The van der Waals surface area contributed by atoms with Crippen molar-refractivity contribution in [3.63, 3.8) is 0 Å². The van der Waals surface area contributed by atoms with Gasteiger partial charge in [-0.05, 0) is 74.6 Å². The fourth-order valence-electron chi connectivity index (χ4n) is 5.02. The van der Waals surface area contributed by atoms with Crippen molar-refractivity contribution in [2.24, 2.45) is 5.92 Å². The first kappa shape index (κ1) is 26.5. The lowest BCUT2D eigenvalue weighted by atomic mass is 9.90. The fourth-order valence-corrected chi connectivity index (χ4v) is 6.49. The third-order valence-corrected chi connectivity index (χ3v) is 9.18. The number of piperidine rings is 1. The molecular formula is C28H36N4O3S. The Morgan fingerprint density at radius 2 is 1.69 bits per heavy atom. The number of nitrogens with one attached hydrogen (secondary N) is 1. The summed E-state index contributed by atoms with van der Waals surface area (Å²) >= 11 is 0. The van der Waals surface area contributed by atoms with E-state index in [2.05, 4.69) is 16.3 Å². The summed E-state index contributed by atoms with van der Waals surface area (Å²) < 4.78 is 27.8. The summed E-state index contributed by atoms with van der Waals surface area (Å²) in [5.74, 6) is -0.199. The van der Waals surface area contributed by atoms with Crippen LogP contribution < -0.4 is 5.32 Å². The first-order chi connectivity index (χ1) is 17.4. The highest BCUT2D eigenvalue weighted by molar-refractivity contribution is 7.89. The number of carbonyl (C=O) groups is 1. The molecule has 2 aliphatic rings. The van der Waals surface area contributed by atoms with Crippen molar-refractivity contribution >= 4 is 15.8 Å². The van der Waals surface area contributed by atoms with Gasteiger partial charge in [-0.2, -0.15) is 9.57 Å². The molecular weight excluding hydrogens is 472 g/mol. The van der Waals surface area contributed by atoms with Gasteiger partial charge >= 0.3 is 0 Å². The summed E-state index contributed by atoms with van der Waals surface area (Å²) in [4.78, 5) is 15.0. The molecule has 1 N–H and O–H groups in total. The van der Waals surface area contributed by atoms with Crippen molar-refractivity contribution in [2.45, 2.75) is 49.5 Å². The first-order valence-corrected chi connectivity index (χ1v) is 14.3. The minimum absolute atomic E-state index is 0.107. The summed E-state index contributed by atoms with van der Waals surface area (Å²) in [5, 5.41) is 12.9. The van der Waals surface area contributed by atoms with E-state index >= 15 is 0 Å². The Labute approximate surface area is 215 Å². The monoisotopic (exact) mass is 508 g/mol. The van der Waals surface area contributed by atoms with Crippen LogP contribution in [0, 0.1) is 17.2 Å². The number of rotatable bonds is 8. The number of likely N-dealkylation sites (N-methyl/N-ethyl adjacent to an activating group) is 1. The van der Waals surface area contributed by atoms with Crippen molar-refractivity contribution in [3.8, 4) is 17.2 Å². The zero-order chi connectivity index (χ0) is 25.5. The molecule has 36 heavy (non-hydrogen) atoms. The Bertz CT molecular complexity index is 1170. The molecule has 2 aliphatic heterocycles. The van der Waals surface area contributed by atoms with Crippen LogP contribution in [0.5, 0.6) is 0 Å². The molecule has 0 amide bonds. The van der Waals surface area contributed by atoms with E-state index in [-0.39, 0.29) is 24.2 Å². The van der Waals surface area contributed by atoms with Gasteiger partial charge in [-0.15, -0.1) is 0 Å². The van der Waals surface area contributed by atoms with E-state index in [0.29, 0.717) is 24.4 Å². The maximum absolute atomic E-state index is 13.1. The molecule has 0 radical (unpaired) electrons. The molecule has 0 aliphatic carbocycles. The second-order valence-electron chi connectivity index (χ2n) is 9.99. The molecule has 8 heteroatoms. The molecule has 4 rings (SSSR count). The molecule has 0 spiro atoms. The van der Waals surface area contributed by atoms with Gasteiger partial charge in [-0.25, -0.2) is 8.42 Å². The van der Waals surface area contributed by atoms with Crippen molar-refractivity contribution in [1.82, 2.24) is 14.5 Å². The van der Waals surface area contributed by atoms with Crippen LogP contribution in [-0.4, -0.2) is 69.2 Å². The summed E-state index contributed by atoms with van der Waals surface area (Å²) in [6.45, 7) is 3.57. The Balaban J connectivity index is 1.38. The van der Waals surface area contributed by atoms with Gasteiger partial charge in [0.15, 0.2) is 5.78 Å². The normalized spacial score (nSPS) is 20.8. The molecule has 1 unspecified atom stereocenters. The largest absolute Gasteiger partial charge is 0.307 e. The average Bonchev–Trinajstić information content (AvgIpc) is 3.14. The minimum Gasteiger partial charge on any atom is -0.307 e. The summed E-state index contributed by atoms with van der Waals surface area (Å²) in [6.07, 6.45) is 4.67. The second kappa shape index (κ2) is 12.1. The van der Waals surface area contributed by atoms with E-state index in [9.17, 15) is 18.5 Å². The van der Waals surface area contributed by atoms with Gasteiger partial charge in [-0.1, -0.05) is 42.8 Å². The highest BCUT2D eigenvalue weighted by Gasteiger charge is 2.26. The topological polar surface area (TPSA) is 93.5 Å². The van der Waals surface area contributed by atoms with Crippen molar-refractivity contribution in [3.05, 3.63) is 54.1 Å². The molecule has 192 valence electrons. The van der Waals surface area contributed by atoms with E-state index in [1.807, 2.05) is 43.4 Å². The summed E-state index contributed by atoms with van der Waals surface area (Å²) in [7, 11) is -1.49. The lowest BCUT2D eigenvalue weighted by molar-refractivity contribution is -0.122. The molecule has 2 aromatic carbocycles. The van der Waals surface area contributed by atoms with E-state index < -0.39 is 10.0 Å². The van der Waals surface area contributed by atoms with E-state index in [1.165, 1.54) is 0 Å². The smallest absolute Gasteiger partial charge is 0.243 e. The van der Waals surface area contributed by atoms with Gasteiger partial charge < -0.3 is 10.2 Å². The van der Waals surface area contributed by atoms with Gasteiger partial charge in [0.05, 0.1) is 22.9 Å². The van der Waals surface area contributed by atoms with Crippen LogP contribution in [0.25, 0.3) is 11.1 Å². The Hall–Kier alpha value is -2.57. The molecule has 0 bridgehead atoms. The predicted octanol–water partition coefficient (Wildman–Crippen LogP) is 3.46. The molecule has 0 aromatic heterocycles. The van der Waals surface area contributed by atoms with Gasteiger partial charge in [-0.3, -0.25) is 4.79 Å². The zero-order valence-electron chi connectivity index (χ0n) is 21.0. The molecule has 2 heterocycles. The number of carbonyl (C=O) groups excluding carboxylic acids is 1. The van der Waals surface area contributed by atoms with Gasteiger partial charge in [0.25, 0.3) is 0 Å². The highest BCUT2D eigenvalue weighted by atomic mass is 32.2.